The summed E-state index contributed by atoms with van der Waals surface area (Å²) in [5.74, 6) is -0.116. The van der Waals surface area contributed by atoms with Crippen molar-refractivity contribution in [3.63, 3.8) is 0 Å². The topological polar surface area (TPSA) is 111 Å². The summed E-state index contributed by atoms with van der Waals surface area (Å²) in [5, 5.41) is 14.5. The molecule has 9 nitrogen and oxygen atoms in total. The molecular weight excluding hydrogens is 402 g/mol. The van der Waals surface area contributed by atoms with Gasteiger partial charge in [0.05, 0.1) is 24.7 Å². The summed E-state index contributed by atoms with van der Waals surface area (Å²) >= 11 is 0. The smallest absolute Gasteiger partial charge is 0.286 e. The minimum absolute atomic E-state index is 0.0444. The van der Waals surface area contributed by atoms with Gasteiger partial charge in [-0.15, -0.1) is 0 Å². The number of ether oxygens (including phenoxy) is 2. The molecule has 0 atom stereocenters. The lowest BCUT2D eigenvalue weighted by Gasteiger charge is -2.32. The lowest BCUT2D eigenvalue weighted by Crippen LogP contribution is -2.46. The van der Waals surface area contributed by atoms with E-state index < -0.39 is 10.8 Å². The van der Waals surface area contributed by atoms with Gasteiger partial charge in [-0.05, 0) is 31.9 Å². The largest absolute Gasteiger partial charge is 0.493 e. The number of nitro groups is 1. The van der Waals surface area contributed by atoms with Crippen molar-refractivity contribution in [1.29, 1.82) is 0 Å². The van der Waals surface area contributed by atoms with E-state index in [1.165, 1.54) is 19.2 Å². The number of benzene rings is 2. The minimum Gasteiger partial charge on any atom is -0.493 e. The molecule has 1 heterocycles. The molecule has 0 saturated carbocycles. The maximum absolute atomic E-state index is 13.1. The first-order valence-corrected chi connectivity index (χ1v) is 10.1. The maximum Gasteiger partial charge on any atom is 0.286 e. The number of hydrogen-bond donors (Lipinski definition) is 1. The van der Waals surface area contributed by atoms with Crippen LogP contribution in [0.5, 0.6) is 11.5 Å². The van der Waals surface area contributed by atoms with E-state index in [4.69, 9.17) is 9.47 Å². The number of carbonyl (C=O) groups excluding carboxylic acids is 2. The summed E-state index contributed by atoms with van der Waals surface area (Å²) in [6, 6.07) is 11.4. The number of methoxy groups -OCH3 is 1. The van der Waals surface area contributed by atoms with E-state index in [0.717, 1.165) is 0 Å². The second-order valence-electron chi connectivity index (χ2n) is 7.12. The molecule has 1 aliphatic rings. The van der Waals surface area contributed by atoms with Crippen LogP contribution >= 0.6 is 0 Å². The summed E-state index contributed by atoms with van der Waals surface area (Å²) in [6.07, 6.45) is 1.12. The predicted molar refractivity (Wildman–Crippen MR) is 114 cm³/mol. The Morgan fingerprint density at radius 2 is 1.84 bits per heavy atom. The zero-order valence-corrected chi connectivity index (χ0v) is 17.5. The minimum atomic E-state index is -0.595. The molecule has 1 saturated heterocycles. The van der Waals surface area contributed by atoms with Crippen LogP contribution in [0.3, 0.4) is 0 Å². The molecule has 2 aromatic rings. The Morgan fingerprint density at radius 1 is 1.16 bits per heavy atom. The third kappa shape index (κ3) is 5.11. The van der Waals surface area contributed by atoms with Crippen molar-refractivity contribution < 1.29 is 24.0 Å². The van der Waals surface area contributed by atoms with Gasteiger partial charge in [0, 0.05) is 30.8 Å². The quantitative estimate of drug-likeness (QED) is 0.537. The molecule has 0 unspecified atom stereocenters. The fourth-order valence-electron chi connectivity index (χ4n) is 3.55. The van der Waals surface area contributed by atoms with Gasteiger partial charge in [-0.2, -0.15) is 0 Å². The molecule has 9 heteroatoms. The van der Waals surface area contributed by atoms with Gasteiger partial charge in [0.25, 0.3) is 17.5 Å². The highest BCUT2D eigenvalue weighted by molar-refractivity contribution is 5.99. The molecule has 3 rings (SSSR count). The number of likely N-dealkylation sites (tertiary alicyclic amines) is 1. The van der Waals surface area contributed by atoms with Gasteiger partial charge in [-0.25, -0.2) is 0 Å². The highest BCUT2D eigenvalue weighted by atomic mass is 16.6. The fraction of sp³-hybridized carbons (Fsp3) is 0.364. The predicted octanol–water partition coefficient (Wildman–Crippen LogP) is 3.04. The number of carbonyl (C=O) groups is 2. The maximum atomic E-state index is 13.1. The zero-order chi connectivity index (χ0) is 22.4. The lowest BCUT2D eigenvalue weighted by molar-refractivity contribution is -0.385. The number of nitrogens with zero attached hydrogens (tertiary/aromatic N) is 2. The summed E-state index contributed by atoms with van der Waals surface area (Å²) < 4.78 is 10.6. The van der Waals surface area contributed by atoms with Crippen LogP contribution < -0.4 is 14.8 Å². The zero-order valence-electron chi connectivity index (χ0n) is 17.5. The van der Waals surface area contributed by atoms with Crippen molar-refractivity contribution in [2.45, 2.75) is 25.8 Å². The first-order chi connectivity index (χ1) is 14.9. The molecule has 0 aromatic heterocycles. The Balaban J connectivity index is 1.70. The number of rotatable bonds is 7. The Hall–Kier alpha value is -3.62. The summed E-state index contributed by atoms with van der Waals surface area (Å²) in [6.45, 7) is 2.82. The van der Waals surface area contributed by atoms with Crippen LogP contribution in [-0.2, 0) is 0 Å². The molecule has 2 aromatic carbocycles. The second kappa shape index (κ2) is 9.92. The molecule has 0 bridgehead atoms. The monoisotopic (exact) mass is 427 g/mol. The van der Waals surface area contributed by atoms with Crippen LogP contribution in [-0.4, -0.2) is 54.5 Å². The molecule has 2 amide bonds. The average molecular weight is 427 g/mol. The summed E-state index contributed by atoms with van der Waals surface area (Å²) in [5.41, 5.74) is 0.212. The van der Waals surface area contributed by atoms with Gasteiger partial charge in [0.15, 0.2) is 11.5 Å². The fourth-order valence-corrected chi connectivity index (χ4v) is 3.55. The van der Waals surface area contributed by atoms with Crippen molar-refractivity contribution in [1.82, 2.24) is 10.2 Å². The average Bonchev–Trinajstić information content (AvgIpc) is 2.79. The van der Waals surface area contributed by atoms with Crippen LogP contribution in [0.1, 0.15) is 40.5 Å². The number of piperidine rings is 1. The Morgan fingerprint density at radius 3 is 2.42 bits per heavy atom. The Labute approximate surface area is 180 Å². The first-order valence-electron chi connectivity index (χ1n) is 10.1. The number of nitrogens with one attached hydrogen (secondary N) is 1. The van der Waals surface area contributed by atoms with Crippen LogP contribution in [0.25, 0.3) is 0 Å². The lowest BCUT2D eigenvalue weighted by atomic mass is 10.0. The van der Waals surface area contributed by atoms with Crippen LogP contribution in [0.15, 0.2) is 42.5 Å². The first kappa shape index (κ1) is 22.1. The van der Waals surface area contributed by atoms with E-state index in [9.17, 15) is 19.7 Å². The SMILES string of the molecule is CCOc1cc([N+](=O)[O-])c(C(=O)N2CCC(NC(=O)c3ccccc3)CC2)cc1OC. The number of amides is 2. The molecule has 0 radical (unpaired) electrons. The van der Waals surface area contributed by atoms with Gasteiger partial charge in [0.2, 0.25) is 0 Å². The van der Waals surface area contributed by atoms with E-state index >= 15 is 0 Å². The van der Waals surface area contributed by atoms with Crippen molar-refractivity contribution in [3.8, 4) is 11.5 Å². The molecular formula is C22H25N3O6. The third-order valence-corrected chi connectivity index (χ3v) is 5.16. The third-order valence-electron chi connectivity index (χ3n) is 5.16. The van der Waals surface area contributed by atoms with E-state index in [1.54, 1.807) is 36.1 Å². The standard InChI is InChI=1S/C22H25N3O6/c1-3-31-20-14-18(25(28)29)17(13-19(20)30-2)22(27)24-11-9-16(10-12-24)23-21(26)15-7-5-4-6-8-15/h4-8,13-14,16H,3,9-12H2,1-2H3,(H,23,26). The Bertz CT molecular complexity index is 955. The van der Waals surface area contributed by atoms with E-state index in [-0.39, 0.29) is 34.7 Å². The molecule has 164 valence electrons. The van der Waals surface area contributed by atoms with Gasteiger partial charge in [-0.3, -0.25) is 19.7 Å². The van der Waals surface area contributed by atoms with Crippen molar-refractivity contribution >= 4 is 17.5 Å². The molecule has 0 aliphatic carbocycles. The highest BCUT2D eigenvalue weighted by Crippen LogP contribution is 2.35. The molecule has 0 spiro atoms. The molecule has 1 N–H and O–H groups in total. The van der Waals surface area contributed by atoms with Gasteiger partial charge in [-0.1, -0.05) is 18.2 Å². The second-order valence-corrected chi connectivity index (χ2v) is 7.12. The van der Waals surface area contributed by atoms with Crippen molar-refractivity contribution in [3.05, 3.63) is 63.7 Å². The summed E-state index contributed by atoms with van der Waals surface area (Å²) in [7, 11) is 1.42. The van der Waals surface area contributed by atoms with Crippen molar-refractivity contribution in [2.24, 2.45) is 0 Å². The van der Waals surface area contributed by atoms with E-state index in [2.05, 4.69) is 5.32 Å². The van der Waals surface area contributed by atoms with Crippen LogP contribution in [0.2, 0.25) is 0 Å². The van der Waals surface area contributed by atoms with Crippen LogP contribution in [0.4, 0.5) is 5.69 Å². The number of hydrogen-bond acceptors (Lipinski definition) is 6. The molecule has 31 heavy (non-hydrogen) atoms. The van der Waals surface area contributed by atoms with E-state index in [0.29, 0.717) is 38.1 Å². The highest BCUT2D eigenvalue weighted by Gasteiger charge is 2.31. The van der Waals surface area contributed by atoms with Gasteiger partial charge in [0.1, 0.15) is 5.56 Å². The Kier molecular flexibility index (Phi) is 7.07. The van der Waals surface area contributed by atoms with Gasteiger partial charge < -0.3 is 19.7 Å². The molecule has 1 aliphatic heterocycles. The normalized spacial score (nSPS) is 14.1. The summed E-state index contributed by atoms with van der Waals surface area (Å²) in [4.78, 5) is 37.9. The van der Waals surface area contributed by atoms with Crippen molar-refractivity contribution in [2.75, 3.05) is 26.8 Å². The van der Waals surface area contributed by atoms with E-state index in [1.807, 2.05) is 6.07 Å². The van der Waals surface area contributed by atoms with Gasteiger partial charge >= 0.3 is 0 Å². The van der Waals surface area contributed by atoms with Crippen LogP contribution in [0, 0.1) is 10.1 Å². The number of nitro benzene ring substituents is 1. The molecule has 1 fully saturated rings.